The van der Waals surface area contributed by atoms with Gasteiger partial charge in [-0.3, -0.25) is 4.79 Å². The lowest BCUT2D eigenvalue weighted by atomic mass is 9.98. The van der Waals surface area contributed by atoms with Gasteiger partial charge in [0.15, 0.2) is 6.54 Å². The molecule has 1 unspecified atom stereocenters. The monoisotopic (exact) mass is 411 g/mol. The number of anilines is 1. The highest BCUT2D eigenvalue weighted by molar-refractivity contribution is 7.10. The summed E-state index contributed by atoms with van der Waals surface area (Å²) in [6.07, 6.45) is 2.91. The predicted molar refractivity (Wildman–Crippen MR) is 119 cm³/mol. The molecule has 5 heteroatoms. The lowest BCUT2D eigenvalue weighted by molar-refractivity contribution is -0.919. The number of aryl methyl sites for hydroxylation is 2. The third kappa shape index (κ3) is 3.79. The summed E-state index contributed by atoms with van der Waals surface area (Å²) in [6.45, 7) is 5.79. The summed E-state index contributed by atoms with van der Waals surface area (Å²) >= 11 is 3.65. The van der Waals surface area contributed by atoms with Crippen LogP contribution in [0.4, 0.5) is 5.69 Å². The Morgan fingerprint density at radius 1 is 1.07 bits per heavy atom. The Bertz CT molecular complexity index is 923. The van der Waals surface area contributed by atoms with Gasteiger partial charge in [0.1, 0.15) is 6.04 Å². The van der Waals surface area contributed by atoms with Gasteiger partial charge in [-0.1, -0.05) is 38.1 Å². The number of carbonyl (C=O) groups excluding carboxylic acids is 1. The summed E-state index contributed by atoms with van der Waals surface area (Å²) in [6, 6.07) is 13.2. The van der Waals surface area contributed by atoms with Crippen molar-refractivity contribution in [1.82, 2.24) is 0 Å². The highest BCUT2D eigenvalue weighted by atomic mass is 32.1. The van der Waals surface area contributed by atoms with Crippen molar-refractivity contribution in [3.05, 3.63) is 73.6 Å². The van der Waals surface area contributed by atoms with Crippen molar-refractivity contribution in [2.24, 2.45) is 0 Å². The number of hydrogen-bond acceptors (Lipinski definition) is 3. The van der Waals surface area contributed by atoms with Gasteiger partial charge in [0.05, 0.1) is 11.4 Å². The van der Waals surface area contributed by atoms with E-state index < -0.39 is 0 Å². The van der Waals surface area contributed by atoms with Gasteiger partial charge in [0, 0.05) is 22.5 Å². The van der Waals surface area contributed by atoms with Crippen LogP contribution in [0.2, 0.25) is 0 Å². The second-order valence-corrected chi connectivity index (χ2v) is 9.27. The van der Waals surface area contributed by atoms with Crippen molar-refractivity contribution in [1.29, 1.82) is 0 Å². The molecule has 0 spiro atoms. The summed E-state index contributed by atoms with van der Waals surface area (Å²) in [5, 5.41) is 7.59. The van der Waals surface area contributed by atoms with Crippen molar-refractivity contribution < 1.29 is 9.69 Å². The first kappa shape index (κ1) is 19.4. The topological polar surface area (TPSA) is 33.5 Å². The number of hydrogen-bond donors (Lipinski definition) is 2. The van der Waals surface area contributed by atoms with Gasteiger partial charge in [0.25, 0.3) is 5.91 Å². The van der Waals surface area contributed by atoms with E-state index in [1.165, 1.54) is 31.3 Å². The highest BCUT2D eigenvalue weighted by Crippen LogP contribution is 2.31. The number of rotatable bonds is 6. The number of para-hydroxylation sites is 1. The molecule has 0 saturated carbocycles. The molecule has 3 nitrogen and oxygen atoms in total. The van der Waals surface area contributed by atoms with Crippen LogP contribution in [0.1, 0.15) is 46.3 Å². The van der Waals surface area contributed by atoms with Crippen molar-refractivity contribution in [2.75, 3.05) is 18.4 Å². The summed E-state index contributed by atoms with van der Waals surface area (Å²) < 4.78 is 0. The zero-order valence-electron chi connectivity index (χ0n) is 16.5. The van der Waals surface area contributed by atoms with E-state index in [4.69, 9.17) is 0 Å². The highest BCUT2D eigenvalue weighted by Gasteiger charge is 2.35. The zero-order valence-corrected chi connectivity index (χ0v) is 18.1. The largest absolute Gasteiger partial charge is 0.321 e. The molecule has 3 aromatic rings. The van der Waals surface area contributed by atoms with Crippen LogP contribution in [0, 0.1) is 0 Å². The Kier molecular flexibility index (Phi) is 5.95. The SMILES string of the molecule is CCc1cccc(CC)c1NC(=O)C[NH+]1CCc2sccc2[C@@H]1c1cccs1. The molecule has 3 heterocycles. The molecular weight excluding hydrogens is 384 g/mol. The minimum atomic E-state index is 0.117. The third-order valence-electron chi connectivity index (χ3n) is 5.65. The fourth-order valence-corrected chi connectivity index (χ4v) is 6.06. The minimum absolute atomic E-state index is 0.117. The summed E-state index contributed by atoms with van der Waals surface area (Å²) in [5.74, 6) is 0.117. The van der Waals surface area contributed by atoms with Gasteiger partial charge in [0.2, 0.25) is 0 Å². The van der Waals surface area contributed by atoms with Crippen molar-refractivity contribution >= 4 is 34.3 Å². The van der Waals surface area contributed by atoms with Crippen LogP contribution in [0.5, 0.6) is 0 Å². The van der Waals surface area contributed by atoms with Gasteiger partial charge in [-0.05, 0) is 46.9 Å². The average Bonchev–Trinajstić information content (AvgIpc) is 3.39. The maximum atomic E-state index is 13.1. The van der Waals surface area contributed by atoms with Gasteiger partial charge < -0.3 is 10.2 Å². The minimum Gasteiger partial charge on any atom is -0.321 e. The van der Waals surface area contributed by atoms with E-state index in [1.807, 2.05) is 11.3 Å². The second kappa shape index (κ2) is 8.60. The number of benzene rings is 1. The molecule has 0 fully saturated rings. The lowest BCUT2D eigenvalue weighted by Gasteiger charge is -2.32. The molecule has 2 atom stereocenters. The van der Waals surface area contributed by atoms with Crippen molar-refractivity contribution in [2.45, 2.75) is 39.2 Å². The van der Waals surface area contributed by atoms with Crippen molar-refractivity contribution in [3.8, 4) is 0 Å². The molecule has 4 rings (SSSR count). The fourth-order valence-electron chi connectivity index (χ4n) is 4.24. The number of amides is 1. The third-order valence-corrected chi connectivity index (χ3v) is 7.58. The Balaban J connectivity index is 1.56. The predicted octanol–water partition coefficient (Wildman–Crippen LogP) is 4.10. The number of thiophene rings is 2. The fraction of sp³-hybridized carbons (Fsp3) is 0.348. The van der Waals surface area contributed by atoms with E-state index in [0.717, 1.165) is 31.5 Å². The van der Waals surface area contributed by atoms with E-state index in [1.54, 1.807) is 11.3 Å². The molecule has 0 bridgehead atoms. The molecule has 0 saturated heterocycles. The second-order valence-electron chi connectivity index (χ2n) is 7.29. The summed E-state index contributed by atoms with van der Waals surface area (Å²) in [7, 11) is 0. The van der Waals surface area contributed by atoms with E-state index in [2.05, 4.69) is 66.3 Å². The normalized spacial score (nSPS) is 18.6. The Hall–Kier alpha value is -1.95. The molecule has 2 N–H and O–H groups in total. The Labute approximate surface area is 175 Å². The maximum Gasteiger partial charge on any atom is 0.279 e. The molecule has 1 aliphatic heterocycles. The number of fused-ring (bicyclic) bond motifs is 1. The first-order chi connectivity index (χ1) is 13.7. The lowest BCUT2D eigenvalue weighted by Crippen LogP contribution is -3.14. The molecule has 2 aromatic heterocycles. The molecular formula is C23H27N2OS2+. The first-order valence-electron chi connectivity index (χ1n) is 10.1. The number of carbonyl (C=O) groups is 1. The van der Waals surface area contributed by atoms with Crippen LogP contribution in [-0.4, -0.2) is 19.0 Å². The van der Waals surface area contributed by atoms with Crippen LogP contribution in [0.15, 0.2) is 47.2 Å². The Morgan fingerprint density at radius 3 is 2.54 bits per heavy atom. The van der Waals surface area contributed by atoms with Crippen LogP contribution in [0.3, 0.4) is 0 Å². The molecule has 1 amide bonds. The number of quaternary nitrogens is 1. The van der Waals surface area contributed by atoms with Gasteiger partial charge >= 0.3 is 0 Å². The van der Waals surface area contributed by atoms with Gasteiger partial charge in [-0.2, -0.15) is 0 Å². The summed E-state index contributed by atoms with van der Waals surface area (Å²) in [5.41, 5.74) is 4.87. The average molecular weight is 412 g/mol. The first-order valence-corrected chi connectivity index (χ1v) is 11.8. The van der Waals surface area contributed by atoms with E-state index >= 15 is 0 Å². The van der Waals surface area contributed by atoms with Gasteiger partial charge in [-0.15, -0.1) is 22.7 Å². The smallest absolute Gasteiger partial charge is 0.279 e. The van der Waals surface area contributed by atoms with Crippen LogP contribution in [0.25, 0.3) is 0 Å². The molecule has 1 aliphatic rings. The Morgan fingerprint density at radius 2 is 1.86 bits per heavy atom. The van der Waals surface area contributed by atoms with Crippen molar-refractivity contribution in [3.63, 3.8) is 0 Å². The zero-order chi connectivity index (χ0) is 19.5. The molecule has 1 aromatic carbocycles. The number of nitrogens with one attached hydrogen (secondary N) is 2. The standard InChI is InChI=1S/C23H26N2OS2/c1-3-16-7-5-8-17(4-2)22(16)24-21(26)15-25-12-10-19-18(11-14-28-19)23(25)20-9-6-13-27-20/h5-9,11,13-14,23H,3-4,10,12,15H2,1-2H3,(H,24,26)/p+1/t23-/m1/s1. The van der Waals surface area contributed by atoms with Crippen LogP contribution >= 0.6 is 22.7 Å². The van der Waals surface area contributed by atoms with E-state index in [9.17, 15) is 4.79 Å². The van der Waals surface area contributed by atoms with Crippen LogP contribution < -0.4 is 10.2 Å². The molecule has 146 valence electrons. The van der Waals surface area contributed by atoms with E-state index in [-0.39, 0.29) is 11.9 Å². The molecule has 0 aliphatic carbocycles. The summed E-state index contributed by atoms with van der Waals surface area (Å²) in [4.78, 5) is 17.2. The quantitative estimate of drug-likeness (QED) is 0.629. The van der Waals surface area contributed by atoms with Gasteiger partial charge in [-0.25, -0.2) is 0 Å². The van der Waals surface area contributed by atoms with Crippen LogP contribution in [-0.2, 0) is 24.1 Å². The molecule has 0 radical (unpaired) electrons. The van der Waals surface area contributed by atoms with E-state index in [0.29, 0.717) is 6.54 Å². The maximum absolute atomic E-state index is 13.1. The molecule has 28 heavy (non-hydrogen) atoms.